The first kappa shape index (κ1) is 16.1. The molecule has 3 N–H and O–H groups in total. The van der Waals surface area contributed by atoms with E-state index < -0.39 is 0 Å². The van der Waals surface area contributed by atoms with E-state index in [0.29, 0.717) is 22.4 Å². The number of nitrogens with zero attached hydrogens (tertiary/aromatic N) is 3. The molecule has 1 aromatic carbocycles. The van der Waals surface area contributed by atoms with Crippen molar-refractivity contribution in [3.05, 3.63) is 40.9 Å². The minimum Gasteiger partial charge on any atom is -0.353 e. The van der Waals surface area contributed by atoms with Gasteiger partial charge in [-0.1, -0.05) is 0 Å². The van der Waals surface area contributed by atoms with Crippen molar-refractivity contribution in [1.29, 1.82) is 0 Å². The summed E-state index contributed by atoms with van der Waals surface area (Å²) < 4.78 is 1.74. The summed E-state index contributed by atoms with van der Waals surface area (Å²) in [5, 5.41) is 8.75. The van der Waals surface area contributed by atoms with E-state index in [9.17, 15) is 9.59 Å². The van der Waals surface area contributed by atoms with Gasteiger partial charge in [-0.15, -0.1) is 0 Å². The molecule has 0 spiro atoms. The van der Waals surface area contributed by atoms with Crippen molar-refractivity contribution < 1.29 is 4.79 Å². The first-order valence-electron chi connectivity index (χ1n) is 8.30. The zero-order chi connectivity index (χ0) is 18.4. The number of hydrogen-bond donors (Lipinski definition) is 3. The second kappa shape index (κ2) is 5.83. The van der Waals surface area contributed by atoms with E-state index in [1.165, 1.54) is 13.3 Å². The number of H-pyrrole nitrogens is 2. The van der Waals surface area contributed by atoms with Crippen LogP contribution in [0.1, 0.15) is 26.8 Å². The molecule has 3 heterocycles. The van der Waals surface area contributed by atoms with Crippen molar-refractivity contribution in [3.63, 3.8) is 0 Å². The maximum Gasteiger partial charge on any atom is 0.262 e. The highest BCUT2D eigenvalue weighted by Gasteiger charge is 2.19. The maximum absolute atomic E-state index is 12.4. The Labute approximate surface area is 148 Å². The molecule has 3 aromatic heterocycles. The smallest absolute Gasteiger partial charge is 0.262 e. The predicted molar refractivity (Wildman–Crippen MR) is 100 cm³/mol. The molecule has 0 unspecified atom stereocenters. The van der Waals surface area contributed by atoms with Gasteiger partial charge < -0.3 is 15.3 Å². The molecule has 1 amide bonds. The first-order valence-corrected chi connectivity index (χ1v) is 8.30. The summed E-state index contributed by atoms with van der Waals surface area (Å²) in [6, 6.07) is 7.56. The average Bonchev–Trinajstić information content (AvgIpc) is 3.15. The van der Waals surface area contributed by atoms with E-state index in [-0.39, 0.29) is 17.5 Å². The maximum atomic E-state index is 12.4. The van der Waals surface area contributed by atoms with Gasteiger partial charge in [0, 0.05) is 29.6 Å². The molecular weight excluding hydrogens is 332 g/mol. The van der Waals surface area contributed by atoms with Crippen LogP contribution in [0.5, 0.6) is 0 Å². The molecule has 0 atom stereocenters. The van der Waals surface area contributed by atoms with Gasteiger partial charge in [0.05, 0.1) is 12.0 Å². The monoisotopic (exact) mass is 350 g/mol. The lowest BCUT2D eigenvalue weighted by Gasteiger charge is -2.04. The molecule has 0 aliphatic heterocycles. The highest BCUT2D eigenvalue weighted by atomic mass is 16.1. The number of fused-ring (bicyclic) bond motifs is 2. The number of hydrogen-bond acceptors (Lipinski definition) is 4. The quantitative estimate of drug-likeness (QED) is 0.528. The Balaban J connectivity index is 1.92. The van der Waals surface area contributed by atoms with E-state index in [2.05, 4.69) is 25.4 Å². The van der Waals surface area contributed by atoms with Crippen molar-refractivity contribution in [3.8, 4) is 11.4 Å². The fourth-order valence-corrected chi connectivity index (χ4v) is 3.07. The van der Waals surface area contributed by atoms with Crippen LogP contribution in [0.15, 0.2) is 35.4 Å². The van der Waals surface area contributed by atoms with Crippen LogP contribution in [-0.4, -0.2) is 30.6 Å². The SMILES string of the molecule is CC(=O)Nc1ccc2[nH]c(-c3nn(C(C)C)c4nc[nH]c(=O)c34)cc2c1. The number of carbonyl (C=O) groups is 1. The number of aromatic nitrogens is 5. The van der Waals surface area contributed by atoms with Crippen LogP contribution in [0.3, 0.4) is 0 Å². The Morgan fingerprint density at radius 3 is 2.81 bits per heavy atom. The van der Waals surface area contributed by atoms with Gasteiger partial charge in [0.2, 0.25) is 5.91 Å². The Bertz CT molecular complexity index is 1200. The lowest BCUT2D eigenvalue weighted by atomic mass is 10.2. The number of aromatic amines is 2. The molecule has 0 aliphatic carbocycles. The fraction of sp³-hybridized carbons (Fsp3) is 0.222. The molecule has 4 aromatic rings. The zero-order valence-electron chi connectivity index (χ0n) is 14.6. The Hall–Kier alpha value is -3.42. The van der Waals surface area contributed by atoms with E-state index in [4.69, 9.17) is 0 Å². The van der Waals surface area contributed by atoms with Crippen LogP contribution < -0.4 is 10.9 Å². The summed E-state index contributed by atoms with van der Waals surface area (Å²) in [5.74, 6) is -0.126. The van der Waals surface area contributed by atoms with Crippen LogP contribution >= 0.6 is 0 Å². The van der Waals surface area contributed by atoms with E-state index in [1.54, 1.807) is 4.68 Å². The van der Waals surface area contributed by atoms with Crippen LogP contribution in [0.2, 0.25) is 0 Å². The largest absolute Gasteiger partial charge is 0.353 e. The summed E-state index contributed by atoms with van der Waals surface area (Å²) in [5.41, 5.74) is 3.21. The fourth-order valence-electron chi connectivity index (χ4n) is 3.07. The minimum atomic E-state index is -0.227. The second-order valence-corrected chi connectivity index (χ2v) is 6.48. The van der Waals surface area contributed by atoms with Gasteiger partial charge in [0.15, 0.2) is 5.65 Å². The summed E-state index contributed by atoms with van der Waals surface area (Å²) in [4.78, 5) is 33.8. The average molecular weight is 350 g/mol. The van der Waals surface area contributed by atoms with Gasteiger partial charge in [0.25, 0.3) is 5.56 Å². The standard InChI is InChI=1S/C18H18N6O2/c1-9(2)24-17-15(18(26)20-8-19-17)16(23-24)14-7-11-6-12(21-10(3)25)4-5-13(11)22-14/h4-9,22H,1-3H3,(H,21,25)(H,19,20,26). The van der Waals surface area contributed by atoms with E-state index >= 15 is 0 Å². The van der Waals surface area contributed by atoms with Gasteiger partial charge in [-0.25, -0.2) is 9.67 Å². The molecule has 0 saturated carbocycles. The third-order valence-corrected chi connectivity index (χ3v) is 4.18. The second-order valence-electron chi connectivity index (χ2n) is 6.48. The number of rotatable bonds is 3. The van der Waals surface area contributed by atoms with Crippen molar-refractivity contribution in [1.82, 2.24) is 24.7 Å². The van der Waals surface area contributed by atoms with Gasteiger partial charge in [-0.3, -0.25) is 9.59 Å². The number of carbonyl (C=O) groups excluding carboxylic acids is 1. The molecule has 0 bridgehead atoms. The van der Waals surface area contributed by atoms with Crippen LogP contribution in [-0.2, 0) is 4.79 Å². The Kier molecular flexibility index (Phi) is 3.61. The van der Waals surface area contributed by atoms with E-state index in [1.807, 2.05) is 38.1 Å². The molecule has 0 fully saturated rings. The summed E-state index contributed by atoms with van der Waals surface area (Å²) in [6.45, 7) is 5.45. The normalized spacial score (nSPS) is 11.5. The number of benzene rings is 1. The van der Waals surface area contributed by atoms with Gasteiger partial charge >= 0.3 is 0 Å². The van der Waals surface area contributed by atoms with Crippen molar-refractivity contribution in [2.24, 2.45) is 0 Å². The summed E-state index contributed by atoms with van der Waals surface area (Å²) >= 11 is 0. The predicted octanol–water partition coefficient (Wildman–Crippen LogP) is 2.81. The Morgan fingerprint density at radius 2 is 2.08 bits per heavy atom. The molecule has 4 rings (SSSR count). The molecule has 0 aliphatic rings. The van der Waals surface area contributed by atoms with Crippen LogP contribution in [0, 0.1) is 0 Å². The van der Waals surface area contributed by atoms with Crippen molar-refractivity contribution in [2.75, 3.05) is 5.32 Å². The van der Waals surface area contributed by atoms with Crippen molar-refractivity contribution in [2.45, 2.75) is 26.8 Å². The molecule has 0 saturated heterocycles. The molecular formula is C18H18N6O2. The van der Waals surface area contributed by atoms with Gasteiger partial charge in [-0.05, 0) is 38.1 Å². The molecule has 8 heteroatoms. The lowest BCUT2D eigenvalue weighted by molar-refractivity contribution is -0.114. The molecule has 0 radical (unpaired) electrons. The minimum absolute atomic E-state index is 0.0660. The van der Waals surface area contributed by atoms with Gasteiger partial charge in [0.1, 0.15) is 11.1 Å². The van der Waals surface area contributed by atoms with Crippen LogP contribution in [0.4, 0.5) is 5.69 Å². The summed E-state index contributed by atoms with van der Waals surface area (Å²) in [6.07, 6.45) is 1.39. The first-order chi connectivity index (χ1) is 12.4. The highest BCUT2D eigenvalue weighted by molar-refractivity contribution is 5.96. The lowest BCUT2D eigenvalue weighted by Crippen LogP contribution is -2.08. The zero-order valence-corrected chi connectivity index (χ0v) is 14.6. The number of anilines is 1. The molecule has 132 valence electrons. The third kappa shape index (κ3) is 2.55. The number of amides is 1. The van der Waals surface area contributed by atoms with Crippen molar-refractivity contribution >= 4 is 33.5 Å². The summed E-state index contributed by atoms with van der Waals surface area (Å²) in [7, 11) is 0. The third-order valence-electron chi connectivity index (χ3n) is 4.18. The topological polar surface area (TPSA) is 108 Å². The Morgan fingerprint density at radius 1 is 1.27 bits per heavy atom. The molecule has 26 heavy (non-hydrogen) atoms. The molecule has 8 nitrogen and oxygen atoms in total. The van der Waals surface area contributed by atoms with E-state index in [0.717, 1.165) is 16.6 Å². The highest BCUT2D eigenvalue weighted by Crippen LogP contribution is 2.29. The van der Waals surface area contributed by atoms with Gasteiger partial charge in [-0.2, -0.15) is 5.10 Å². The number of nitrogens with one attached hydrogen (secondary N) is 3. The van der Waals surface area contributed by atoms with Crippen LogP contribution in [0.25, 0.3) is 33.3 Å².